The zero-order chi connectivity index (χ0) is 29.3. The van der Waals surface area contributed by atoms with Crippen LogP contribution in [-0.2, 0) is 0 Å². The lowest BCUT2D eigenvalue weighted by atomic mass is 9.85. The fourth-order valence-electron chi connectivity index (χ4n) is 6.38. The quantitative estimate of drug-likeness (QED) is 0.197. The minimum Gasteiger partial charge on any atom is -0.356 e. The van der Waals surface area contributed by atoms with Crippen molar-refractivity contribution in [2.24, 2.45) is 0 Å². The van der Waals surface area contributed by atoms with Gasteiger partial charge in [0.1, 0.15) is 0 Å². The van der Waals surface area contributed by atoms with Gasteiger partial charge in [0.15, 0.2) is 0 Å². The zero-order valence-corrected chi connectivity index (χ0v) is 24.2. The summed E-state index contributed by atoms with van der Waals surface area (Å²) in [5.41, 5.74) is 9.17. The lowest BCUT2D eigenvalue weighted by Gasteiger charge is -2.19. The summed E-state index contributed by atoms with van der Waals surface area (Å²) < 4.78 is 0. The molecule has 0 aliphatic rings. The summed E-state index contributed by atoms with van der Waals surface area (Å²) in [6.07, 6.45) is 0. The average molecular weight is 563 g/mol. The van der Waals surface area contributed by atoms with Gasteiger partial charge in [0.05, 0.1) is 0 Å². The molecule has 2 nitrogen and oxygen atoms in total. The SMILES string of the molecule is c1ccc(Nc2ccc3c(c2)c2cc(Nc4ccccc4)ccc2c2c(-c4ccccc4)ccc(-c4ccccc4)c32)cc1. The Labute approximate surface area is 257 Å². The molecule has 0 aliphatic heterocycles. The van der Waals surface area contributed by atoms with Gasteiger partial charge in [0, 0.05) is 22.7 Å². The number of benzene rings is 8. The lowest BCUT2D eigenvalue weighted by Crippen LogP contribution is -1.94. The summed E-state index contributed by atoms with van der Waals surface area (Å²) in [4.78, 5) is 0. The largest absolute Gasteiger partial charge is 0.356 e. The van der Waals surface area contributed by atoms with Gasteiger partial charge in [-0.3, -0.25) is 0 Å². The van der Waals surface area contributed by atoms with Gasteiger partial charge in [-0.2, -0.15) is 0 Å². The topological polar surface area (TPSA) is 24.1 Å². The monoisotopic (exact) mass is 562 g/mol. The van der Waals surface area contributed by atoms with Crippen LogP contribution in [0.15, 0.2) is 170 Å². The van der Waals surface area contributed by atoms with E-state index in [1.54, 1.807) is 0 Å². The highest BCUT2D eigenvalue weighted by Crippen LogP contribution is 2.46. The molecule has 0 unspecified atom stereocenters. The van der Waals surface area contributed by atoms with Crippen LogP contribution in [-0.4, -0.2) is 0 Å². The molecular weight excluding hydrogens is 532 g/mol. The Morgan fingerprint density at radius 2 is 0.636 bits per heavy atom. The Hall–Kier alpha value is -5.86. The molecule has 8 aromatic carbocycles. The molecule has 0 aliphatic carbocycles. The number of nitrogens with one attached hydrogen (secondary N) is 2. The molecule has 8 rings (SSSR count). The number of hydrogen-bond acceptors (Lipinski definition) is 2. The zero-order valence-electron chi connectivity index (χ0n) is 24.2. The maximum absolute atomic E-state index is 3.63. The van der Waals surface area contributed by atoms with E-state index in [1.807, 2.05) is 12.1 Å². The molecule has 0 saturated carbocycles. The van der Waals surface area contributed by atoms with Gasteiger partial charge in [0.25, 0.3) is 0 Å². The van der Waals surface area contributed by atoms with Crippen LogP contribution >= 0.6 is 0 Å². The number of hydrogen-bond donors (Lipinski definition) is 2. The van der Waals surface area contributed by atoms with Crippen molar-refractivity contribution in [3.63, 3.8) is 0 Å². The molecule has 208 valence electrons. The molecule has 8 aromatic rings. The molecule has 0 aromatic heterocycles. The average Bonchev–Trinajstić information content (AvgIpc) is 3.09. The Bertz CT molecular complexity index is 2080. The van der Waals surface area contributed by atoms with Crippen molar-refractivity contribution in [1.82, 2.24) is 0 Å². The fourth-order valence-corrected chi connectivity index (χ4v) is 6.38. The second-order valence-corrected chi connectivity index (χ2v) is 11.1. The van der Waals surface area contributed by atoms with Gasteiger partial charge >= 0.3 is 0 Å². The highest BCUT2D eigenvalue weighted by molar-refractivity contribution is 6.32. The van der Waals surface area contributed by atoms with E-state index in [0.717, 1.165) is 22.7 Å². The minimum absolute atomic E-state index is 1.06. The highest BCUT2D eigenvalue weighted by atomic mass is 14.9. The van der Waals surface area contributed by atoms with Gasteiger partial charge in [-0.25, -0.2) is 0 Å². The van der Waals surface area contributed by atoms with Crippen LogP contribution in [0, 0.1) is 0 Å². The minimum atomic E-state index is 1.06. The van der Waals surface area contributed by atoms with Crippen molar-refractivity contribution in [2.45, 2.75) is 0 Å². The molecule has 0 spiro atoms. The molecule has 0 heterocycles. The molecule has 0 bridgehead atoms. The molecule has 0 amide bonds. The van der Waals surface area contributed by atoms with Crippen molar-refractivity contribution in [1.29, 1.82) is 0 Å². The maximum Gasteiger partial charge on any atom is 0.0390 e. The molecule has 2 N–H and O–H groups in total. The predicted octanol–water partition coefficient (Wildman–Crippen LogP) is 12.0. The van der Waals surface area contributed by atoms with E-state index in [9.17, 15) is 0 Å². The molecule has 44 heavy (non-hydrogen) atoms. The van der Waals surface area contributed by atoms with Crippen molar-refractivity contribution < 1.29 is 0 Å². The summed E-state index contributed by atoms with van der Waals surface area (Å²) in [5, 5.41) is 14.7. The smallest absolute Gasteiger partial charge is 0.0390 e. The Balaban J connectivity index is 1.47. The van der Waals surface area contributed by atoms with E-state index in [0.29, 0.717) is 0 Å². The van der Waals surface area contributed by atoms with Crippen molar-refractivity contribution in [3.8, 4) is 22.3 Å². The second kappa shape index (κ2) is 11.1. The van der Waals surface area contributed by atoms with Crippen molar-refractivity contribution in [3.05, 3.63) is 170 Å². The van der Waals surface area contributed by atoms with E-state index in [-0.39, 0.29) is 0 Å². The summed E-state index contributed by atoms with van der Waals surface area (Å²) in [6, 6.07) is 60.5. The van der Waals surface area contributed by atoms with Crippen LogP contribution in [0.4, 0.5) is 22.7 Å². The van der Waals surface area contributed by atoms with Gasteiger partial charge in [-0.1, -0.05) is 121 Å². The fraction of sp³-hybridized carbons (Fsp3) is 0. The summed E-state index contributed by atoms with van der Waals surface area (Å²) in [7, 11) is 0. The molecule has 2 heteroatoms. The number of fused-ring (bicyclic) bond motifs is 6. The third kappa shape index (κ3) is 4.73. The Morgan fingerprint density at radius 1 is 0.273 bits per heavy atom. The van der Waals surface area contributed by atoms with Gasteiger partial charge < -0.3 is 10.6 Å². The maximum atomic E-state index is 3.63. The second-order valence-electron chi connectivity index (χ2n) is 11.1. The van der Waals surface area contributed by atoms with Crippen LogP contribution in [0.25, 0.3) is 54.6 Å². The molecule has 0 saturated heterocycles. The van der Waals surface area contributed by atoms with Gasteiger partial charge in [-0.15, -0.1) is 0 Å². The Kier molecular flexibility index (Phi) is 6.51. The van der Waals surface area contributed by atoms with E-state index < -0.39 is 0 Å². The summed E-state index contributed by atoms with van der Waals surface area (Å²) in [5.74, 6) is 0. The third-order valence-corrected chi connectivity index (χ3v) is 8.37. The van der Waals surface area contributed by atoms with Crippen LogP contribution in [0.2, 0.25) is 0 Å². The van der Waals surface area contributed by atoms with Crippen LogP contribution in [0.1, 0.15) is 0 Å². The molecule has 0 fully saturated rings. The third-order valence-electron chi connectivity index (χ3n) is 8.37. The van der Waals surface area contributed by atoms with E-state index in [2.05, 4.69) is 168 Å². The predicted molar refractivity (Wildman–Crippen MR) is 189 cm³/mol. The highest BCUT2D eigenvalue weighted by Gasteiger charge is 2.18. The standard InChI is InChI=1S/C42H30N2/c1-5-13-29(14-6-1)35-25-26-36(30-15-7-2-8-16-30)42-38-24-22-34(44-32-19-11-4-12-20-32)28-40(38)39-27-33(21-23-37(39)41(35)42)43-31-17-9-3-10-18-31/h1-28,43-44H. The number of rotatable bonds is 6. The van der Waals surface area contributed by atoms with Crippen LogP contribution < -0.4 is 10.6 Å². The van der Waals surface area contributed by atoms with E-state index in [1.165, 1.54) is 54.6 Å². The van der Waals surface area contributed by atoms with E-state index >= 15 is 0 Å². The molecular formula is C42H30N2. The first-order valence-electron chi connectivity index (χ1n) is 15.0. The lowest BCUT2D eigenvalue weighted by molar-refractivity contribution is 1.56. The van der Waals surface area contributed by atoms with Crippen LogP contribution in [0.5, 0.6) is 0 Å². The molecule has 0 radical (unpaired) electrons. The first-order valence-corrected chi connectivity index (χ1v) is 15.0. The normalized spacial score (nSPS) is 11.2. The first-order chi connectivity index (χ1) is 21.8. The van der Waals surface area contributed by atoms with Gasteiger partial charge in [-0.05, 0) is 103 Å². The number of anilines is 4. The van der Waals surface area contributed by atoms with Gasteiger partial charge in [0.2, 0.25) is 0 Å². The van der Waals surface area contributed by atoms with Crippen molar-refractivity contribution >= 4 is 55.1 Å². The number of para-hydroxylation sites is 2. The summed E-state index contributed by atoms with van der Waals surface area (Å²) in [6.45, 7) is 0. The van der Waals surface area contributed by atoms with Crippen molar-refractivity contribution in [2.75, 3.05) is 10.6 Å². The molecule has 0 atom stereocenters. The van der Waals surface area contributed by atoms with E-state index in [4.69, 9.17) is 0 Å². The summed E-state index contributed by atoms with van der Waals surface area (Å²) >= 11 is 0. The Morgan fingerprint density at radius 3 is 1.02 bits per heavy atom. The first kappa shape index (κ1) is 25.8. The van der Waals surface area contributed by atoms with Crippen LogP contribution in [0.3, 0.4) is 0 Å².